The molecule has 2 aromatic carbocycles. The predicted molar refractivity (Wildman–Crippen MR) is 121 cm³/mol. The lowest BCUT2D eigenvalue weighted by Crippen LogP contribution is -2.44. The minimum absolute atomic E-state index is 0.121. The number of carbonyl (C=O) groups is 1. The lowest BCUT2D eigenvalue weighted by atomic mass is 9.98. The molecule has 1 heterocycles. The van der Waals surface area contributed by atoms with E-state index in [1.54, 1.807) is 0 Å². The second kappa shape index (κ2) is 8.90. The molecule has 6 heteroatoms. The molecule has 0 aromatic heterocycles. The van der Waals surface area contributed by atoms with Crippen LogP contribution >= 0.6 is 0 Å². The summed E-state index contributed by atoms with van der Waals surface area (Å²) >= 11 is 0. The van der Waals surface area contributed by atoms with E-state index in [0.717, 1.165) is 22.4 Å². The van der Waals surface area contributed by atoms with Crippen LogP contribution in [0.3, 0.4) is 0 Å². The van der Waals surface area contributed by atoms with Gasteiger partial charge in [0.1, 0.15) is 0 Å². The maximum atomic E-state index is 13.4. The topological polar surface area (TPSA) is 66.5 Å². The number of nitrogens with one attached hydrogen (secondary N) is 1. The highest BCUT2D eigenvalue weighted by molar-refractivity contribution is 7.89. The molecule has 1 N–H and O–H groups in total. The summed E-state index contributed by atoms with van der Waals surface area (Å²) in [5.41, 5.74) is 4.51. The van der Waals surface area contributed by atoms with Crippen LogP contribution in [0, 0.1) is 26.7 Å². The van der Waals surface area contributed by atoms with Crippen molar-refractivity contribution in [2.45, 2.75) is 58.3 Å². The summed E-state index contributed by atoms with van der Waals surface area (Å²) in [7, 11) is -3.64. The summed E-state index contributed by atoms with van der Waals surface area (Å²) in [6.07, 6.45) is 1.36. The molecule has 3 rings (SSSR count). The van der Waals surface area contributed by atoms with Gasteiger partial charge in [0, 0.05) is 18.8 Å². The standard InChI is InChI=1S/C24H32N2O3S/c1-16(2)20-8-10-22(11-9-20)25-24(27)21-7-6-12-26(15-21)30(28,29)23-18(4)13-17(3)14-19(23)5/h8-11,13-14,16,21H,6-7,12,15H2,1-5H3,(H,25,27)/t21-/m0/s1. The van der Waals surface area contributed by atoms with Crippen molar-refractivity contribution in [3.63, 3.8) is 0 Å². The Morgan fingerprint density at radius 3 is 2.23 bits per heavy atom. The van der Waals surface area contributed by atoms with Crippen molar-refractivity contribution in [1.29, 1.82) is 0 Å². The molecule has 2 aromatic rings. The molecule has 1 fully saturated rings. The van der Waals surface area contributed by atoms with Gasteiger partial charge in [0.25, 0.3) is 0 Å². The highest BCUT2D eigenvalue weighted by Gasteiger charge is 2.34. The number of benzene rings is 2. The largest absolute Gasteiger partial charge is 0.326 e. The normalized spacial score (nSPS) is 17.9. The Kier molecular flexibility index (Phi) is 6.68. The van der Waals surface area contributed by atoms with Crippen molar-refractivity contribution in [3.05, 3.63) is 58.7 Å². The number of piperidine rings is 1. The highest BCUT2D eigenvalue weighted by atomic mass is 32.2. The Labute approximate surface area is 180 Å². The Bertz CT molecular complexity index is 1000. The van der Waals surface area contributed by atoms with Gasteiger partial charge in [-0.25, -0.2) is 8.42 Å². The van der Waals surface area contributed by atoms with Crippen molar-refractivity contribution >= 4 is 21.6 Å². The number of amides is 1. The van der Waals surface area contributed by atoms with E-state index in [9.17, 15) is 13.2 Å². The number of sulfonamides is 1. The Hall–Kier alpha value is -2.18. The summed E-state index contributed by atoms with van der Waals surface area (Å²) in [5.74, 6) is -0.0468. The van der Waals surface area contributed by atoms with E-state index in [4.69, 9.17) is 0 Å². The van der Waals surface area contributed by atoms with Gasteiger partial charge < -0.3 is 5.32 Å². The molecule has 30 heavy (non-hydrogen) atoms. The average Bonchev–Trinajstić information content (AvgIpc) is 2.67. The molecule has 0 radical (unpaired) electrons. The molecule has 162 valence electrons. The molecule has 0 unspecified atom stereocenters. The van der Waals surface area contributed by atoms with Crippen LogP contribution < -0.4 is 5.32 Å². The van der Waals surface area contributed by atoms with E-state index in [1.165, 1.54) is 9.87 Å². The number of nitrogens with zero attached hydrogens (tertiary/aromatic N) is 1. The summed E-state index contributed by atoms with van der Waals surface area (Å²) in [6.45, 7) is 10.5. The Morgan fingerprint density at radius 2 is 1.67 bits per heavy atom. The number of aryl methyl sites for hydroxylation is 3. The molecule has 1 aliphatic rings. The lowest BCUT2D eigenvalue weighted by molar-refractivity contribution is -0.120. The molecule has 0 bridgehead atoms. The van der Waals surface area contributed by atoms with Crippen molar-refractivity contribution < 1.29 is 13.2 Å². The van der Waals surface area contributed by atoms with Crippen LogP contribution in [-0.2, 0) is 14.8 Å². The third kappa shape index (κ3) is 4.76. The summed E-state index contributed by atoms with van der Waals surface area (Å²) in [6, 6.07) is 11.6. The van der Waals surface area contributed by atoms with Crippen molar-refractivity contribution in [2.24, 2.45) is 5.92 Å². The first-order valence-corrected chi connectivity index (χ1v) is 12.0. The van der Waals surface area contributed by atoms with Crippen LogP contribution in [0.5, 0.6) is 0 Å². The third-order valence-electron chi connectivity index (χ3n) is 5.80. The number of hydrogen-bond donors (Lipinski definition) is 1. The molecule has 1 amide bonds. The minimum atomic E-state index is -3.64. The zero-order valence-electron chi connectivity index (χ0n) is 18.5. The van der Waals surface area contributed by atoms with Gasteiger partial charge in [-0.15, -0.1) is 0 Å². The first kappa shape index (κ1) is 22.5. The van der Waals surface area contributed by atoms with E-state index in [-0.39, 0.29) is 18.4 Å². The molecule has 1 saturated heterocycles. The quantitative estimate of drug-likeness (QED) is 0.746. The van der Waals surface area contributed by atoms with Crippen LogP contribution in [0.15, 0.2) is 41.3 Å². The third-order valence-corrected chi connectivity index (χ3v) is 7.97. The van der Waals surface area contributed by atoms with Crippen molar-refractivity contribution in [2.75, 3.05) is 18.4 Å². The first-order valence-electron chi connectivity index (χ1n) is 10.6. The van der Waals surface area contributed by atoms with E-state index in [0.29, 0.717) is 30.2 Å². The van der Waals surface area contributed by atoms with Gasteiger partial charge in [-0.2, -0.15) is 4.31 Å². The fraction of sp³-hybridized carbons (Fsp3) is 0.458. The van der Waals surface area contributed by atoms with E-state index in [1.807, 2.05) is 57.2 Å². The number of anilines is 1. The highest BCUT2D eigenvalue weighted by Crippen LogP contribution is 2.29. The molecule has 1 aliphatic heterocycles. The molecule has 0 spiro atoms. The number of carbonyl (C=O) groups excluding carboxylic acids is 1. The van der Waals surface area contributed by atoms with Crippen LogP contribution in [-0.4, -0.2) is 31.7 Å². The summed E-state index contributed by atoms with van der Waals surface area (Å²) in [5, 5.41) is 2.96. The molecule has 1 atom stereocenters. The second-order valence-corrected chi connectivity index (χ2v) is 10.6. The van der Waals surface area contributed by atoms with Gasteiger partial charge in [0.05, 0.1) is 10.8 Å². The fourth-order valence-electron chi connectivity index (χ4n) is 4.27. The van der Waals surface area contributed by atoms with E-state index in [2.05, 4.69) is 19.2 Å². The zero-order valence-corrected chi connectivity index (χ0v) is 19.3. The predicted octanol–water partition coefficient (Wildman–Crippen LogP) is 4.77. The van der Waals surface area contributed by atoms with Crippen molar-refractivity contribution in [1.82, 2.24) is 4.31 Å². The van der Waals surface area contributed by atoms with Gasteiger partial charge in [-0.05, 0) is 68.4 Å². The Balaban J connectivity index is 1.75. The smallest absolute Gasteiger partial charge is 0.243 e. The van der Waals surface area contributed by atoms with E-state index < -0.39 is 10.0 Å². The van der Waals surface area contributed by atoms with Gasteiger partial charge in [0.15, 0.2) is 0 Å². The Morgan fingerprint density at radius 1 is 1.07 bits per heavy atom. The van der Waals surface area contributed by atoms with E-state index >= 15 is 0 Å². The van der Waals surface area contributed by atoms with Gasteiger partial charge in [-0.3, -0.25) is 4.79 Å². The van der Waals surface area contributed by atoms with Crippen LogP contribution in [0.2, 0.25) is 0 Å². The molecular weight excluding hydrogens is 396 g/mol. The van der Waals surface area contributed by atoms with Crippen molar-refractivity contribution in [3.8, 4) is 0 Å². The average molecular weight is 429 g/mol. The fourth-order valence-corrected chi connectivity index (χ4v) is 6.21. The van der Waals surface area contributed by atoms with Gasteiger partial charge in [0.2, 0.25) is 15.9 Å². The van der Waals surface area contributed by atoms with Gasteiger partial charge in [-0.1, -0.05) is 43.7 Å². The van der Waals surface area contributed by atoms with Crippen LogP contribution in [0.25, 0.3) is 0 Å². The number of rotatable bonds is 5. The monoisotopic (exact) mass is 428 g/mol. The number of hydrogen-bond acceptors (Lipinski definition) is 3. The minimum Gasteiger partial charge on any atom is -0.326 e. The van der Waals surface area contributed by atoms with Gasteiger partial charge >= 0.3 is 0 Å². The maximum absolute atomic E-state index is 13.4. The summed E-state index contributed by atoms with van der Waals surface area (Å²) < 4.78 is 28.2. The first-order chi connectivity index (χ1) is 14.1. The summed E-state index contributed by atoms with van der Waals surface area (Å²) in [4.78, 5) is 13.2. The molecular formula is C24H32N2O3S. The lowest BCUT2D eigenvalue weighted by Gasteiger charge is -2.32. The molecule has 5 nitrogen and oxygen atoms in total. The second-order valence-electron chi connectivity index (χ2n) is 8.70. The molecule has 0 aliphatic carbocycles. The van der Waals surface area contributed by atoms with Crippen LogP contribution in [0.1, 0.15) is 54.9 Å². The zero-order chi connectivity index (χ0) is 22.1. The SMILES string of the molecule is Cc1cc(C)c(S(=O)(=O)N2CCC[C@H](C(=O)Nc3ccc(C(C)C)cc3)C2)c(C)c1. The van der Waals surface area contributed by atoms with Crippen LogP contribution in [0.4, 0.5) is 5.69 Å². The maximum Gasteiger partial charge on any atom is 0.243 e. The molecule has 0 saturated carbocycles.